The average molecular weight is 466 g/mol. The van der Waals surface area contributed by atoms with Gasteiger partial charge in [-0.05, 0) is 48.9 Å². The Morgan fingerprint density at radius 1 is 0.914 bits per heavy atom. The summed E-state index contributed by atoms with van der Waals surface area (Å²) in [4.78, 5) is 39.5. The molecule has 174 valence electrons. The molecule has 2 heterocycles. The molecule has 0 radical (unpaired) electrons. The predicted octanol–water partition coefficient (Wildman–Crippen LogP) is 4.67. The van der Waals surface area contributed by atoms with E-state index in [1.165, 1.54) is 12.7 Å². The van der Waals surface area contributed by atoms with Gasteiger partial charge in [-0.15, -0.1) is 0 Å². The number of ether oxygens (including phenoxy) is 1. The predicted molar refractivity (Wildman–Crippen MR) is 134 cm³/mol. The Morgan fingerprint density at radius 2 is 1.63 bits per heavy atom. The fourth-order valence-electron chi connectivity index (χ4n) is 4.19. The van der Waals surface area contributed by atoms with E-state index in [9.17, 15) is 14.4 Å². The molecular formula is C28H23N3O4. The molecule has 5 rings (SSSR count). The van der Waals surface area contributed by atoms with Gasteiger partial charge in [0.05, 0.1) is 12.8 Å². The highest BCUT2D eigenvalue weighted by Gasteiger charge is 2.37. The third-order valence-electron chi connectivity index (χ3n) is 6.03. The fraction of sp³-hybridized carbons (Fsp3) is 0.107. The van der Waals surface area contributed by atoms with Crippen molar-refractivity contribution in [2.75, 3.05) is 12.0 Å². The van der Waals surface area contributed by atoms with E-state index in [0.29, 0.717) is 18.0 Å². The van der Waals surface area contributed by atoms with E-state index < -0.39 is 17.8 Å². The second-order valence-corrected chi connectivity index (χ2v) is 8.37. The van der Waals surface area contributed by atoms with Crippen LogP contribution >= 0.6 is 0 Å². The van der Waals surface area contributed by atoms with Crippen LogP contribution in [0, 0.1) is 6.92 Å². The molecule has 0 atom stereocenters. The van der Waals surface area contributed by atoms with Crippen LogP contribution in [0.3, 0.4) is 0 Å². The Kier molecular flexibility index (Phi) is 5.66. The monoisotopic (exact) mass is 465 g/mol. The van der Waals surface area contributed by atoms with Gasteiger partial charge in [-0.25, -0.2) is 9.69 Å². The molecule has 7 nitrogen and oxygen atoms in total. The molecule has 35 heavy (non-hydrogen) atoms. The first-order valence-corrected chi connectivity index (χ1v) is 11.1. The minimum absolute atomic E-state index is 0.112. The number of anilines is 1. The van der Waals surface area contributed by atoms with Crippen LogP contribution in [-0.2, 0) is 16.1 Å². The number of fused-ring (bicyclic) bond motifs is 1. The smallest absolute Gasteiger partial charge is 0.335 e. The molecule has 4 amide bonds. The number of benzene rings is 3. The number of hydrogen-bond acceptors (Lipinski definition) is 4. The number of para-hydroxylation sites is 1. The van der Waals surface area contributed by atoms with Crippen molar-refractivity contribution >= 4 is 40.5 Å². The first kappa shape index (κ1) is 22.2. The topological polar surface area (TPSA) is 80.6 Å². The van der Waals surface area contributed by atoms with Crippen molar-refractivity contribution in [1.82, 2.24) is 9.88 Å². The summed E-state index contributed by atoms with van der Waals surface area (Å²) in [5.74, 6) is -0.814. The largest absolute Gasteiger partial charge is 0.497 e. The molecule has 7 heteroatoms. The lowest BCUT2D eigenvalue weighted by atomic mass is 10.1. The third-order valence-corrected chi connectivity index (χ3v) is 6.03. The van der Waals surface area contributed by atoms with Gasteiger partial charge in [0, 0.05) is 29.2 Å². The van der Waals surface area contributed by atoms with E-state index >= 15 is 0 Å². The first-order valence-electron chi connectivity index (χ1n) is 11.1. The van der Waals surface area contributed by atoms with Crippen LogP contribution in [0.5, 0.6) is 5.75 Å². The number of amides is 4. The Labute approximate surface area is 202 Å². The number of hydrogen-bond donors (Lipinski definition) is 1. The normalized spacial score (nSPS) is 15.1. The number of barbiturate groups is 1. The molecule has 0 aliphatic carbocycles. The molecule has 0 spiro atoms. The van der Waals surface area contributed by atoms with E-state index in [0.717, 1.165) is 26.9 Å². The molecular weight excluding hydrogens is 442 g/mol. The second-order valence-electron chi connectivity index (χ2n) is 8.37. The van der Waals surface area contributed by atoms with Gasteiger partial charge in [0.1, 0.15) is 11.3 Å². The van der Waals surface area contributed by atoms with Crippen LogP contribution < -0.4 is 15.0 Å². The lowest BCUT2D eigenvalue weighted by Gasteiger charge is -2.26. The SMILES string of the molecule is COc1ccc(N2C(=O)NC(=O)/C(=C/c3cn(Cc4ccc(C)cc4)c4ccccc34)C2=O)cc1. The van der Waals surface area contributed by atoms with Crippen molar-refractivity contribution in [3.8, 4) is 5.75 Å². The van der Waals surface area contributed by atoms with Crippen LogP contribution in [0.2, 0.25) is 0 Å². The van der Waals surface area contributed by atoms with Gasteiger partial charge in [-0.2, -0.15) is 0 Å². The average Bonchev–Trinajstić information content (AvgIpc) is 3.20. The maximum absolute atomic E-state index is 13.3. The Bertz CT molecular complexity index is 1480. The zero-order valence-corrected chi connectivity index (χ0v) is 19.3. The van der Waals surface area contributed by atoms with Crippen molar-refractivity contribution in [1.29, 1.82) is 0 Å². The molecule has 0 unspecified atom stereocenters. The number of aryl methyl sites for hydroxylation is 1. The number of carbonyl (C=O) groups is 3. The van der Waals surface area contributed by atoms with Gasteiger partial charge >= 0.3 is 6.03 Å². The maximum atomic E-state index is 13.3. The summed E-state index contributed by atoms with van der Waals surface area (Å²) in [5.41, 5.74) is 4.25. The highest BCUT2D eigenvalue weighted by atomic mass is 16.5. The summed E-state index contributed by atoms with van der Waals surface area (Å²) in [6, 6.07) is 21.8. The van der Waals surface area contributed by atoms with Crippen molar-refractivity contribution in [2.45, 2.75) is 13.5 Å². The molecule has 3 aromatic carbocycles. The summed E-state index contributed by atoms with van der Waals surface area (Å²) in [6.45, 7) is 2.69. The molecule has 1 aromatic heterocycles. The van der Waals surface area contributed by atoms with Crippen LogP contribution in [-0.4, -0.2) is 29.5 Å². The van der Waals surface area contributed by atoms with Gasteiger partial charge in [0.2, 0.25) is 0 Å². The van der Waals surface area contributed by atoms with Crippen LogP contribution in [0.15, 0.2) is 84.6 Å². The lowest BCUT2D eigenvalue weighted by Crippen LogP contribution is -2.54. The Hall–Kier alpha value is -4.65. The van der Waals surface area contributed by atoms with Crippen molar-refractivity contribution < 1.29 is 19.1 Å². The molecule has 0 bridgehead atoms. The number of methoxy groups -OCH3 is 1. The zero-order chi connectivity index (χ0) is 24.5. The number of urea groups is 1. The van der Waals surface area contributed by atoms with Gasteiger partial charge in [-0.1, -0.05) is 48.0 Å². The summed E-state index contributed by atoms with van der Waals surface area (Å²) in [5, 5.41) is 3.18. The molecule has 1 aliphatic heterocycles. The number of nitrogens with zero attached hydrogens (tertiary/aromatic N) is 2. The number of aromatic nitrogens is 1. The Balaban J connectivity index is 1.54. The van der Waals surface area contributed by atoms with E-state index in [-0.39, 0.29) is 5.57 Å². The summed E-state index contributed by atoms with van der Waals surface area (Å²) in [6.07, 6.45) is 3.47. The highest BCUT2D eigenvalue weighted by Crippen LogP contribution is 2.28. The first-order chi connectivity index (χ1) is 16.9. The fourth-order valence-corrected chi connectivity index (χ4v) is 4.19. The van der Waals surface area contributed by atoms with Crippen molar-refractivity contribution in [2.24, 2.45) is 0 Å². The second kappa shape index (κ2) is 8.95. The molecule has 4 aromatic rings. The number of carbonyl (C=O) groups excluding carboxylic acids is 3. The van der Waals surface area contributed by atoms with Crippen molar-refractivity contribution in [3.05, 3.63) is 101 Å². The van der Waals surface area contributed by atoms with Crippen LogP contribution in [0.25, 0.3) is 17.0 Å². The van der Waals surface area contributed by atoms with E-state index in [2.05, 4.69) is 34.1 Å². The van der Waals surface area contributed by atoms with E-state index in [4.69, 9.17) is 4.74 Å². The number of nitrogens with one attached hydrogen (secondary N) is 1. The minimum atomic E-state index is -0.788. The maximum Gasteiger partial charge on any atom is 0.335 e. The molecule has 1 saturated heterocycles. The van der Waals surface area contributed by atoms with Gasteiger partial charge < -0.3 is 9.30 Å². The molecule has 1 N–H and O–H groups in total. The summed E-state index contributed by atoms with van der Waals surface area (Å²) >= 11 is 0. The molecule has 1 fully saturated rings. The molecule has 1 aliphatic rings. The minimum Gasteiger partial charge on any atom is -0.497 e. The van der Waals surface area contributed by atoms with Crippen molar-refractivity contribution in [3.63, 3.8) is 0 Å². The zero-order valence-electron chi connectivity index (χ0n) is 19.3. The summed E-state index contributed by atoms with van der Waals surface area (Å²) < 4.78 is 7.23. The number of rotatable bonds is 5. The highest BCUT2D eigenvalue weighted by molar-refractivity contribution is 6.39. The quantitative estimate of drug-likeness (QED) is 0.343. The van der Waals surface area contributed by atoms with Gasteiger partial charge in [-0.3, -0.25) is 14.9 Å². The Morgan fingerprint density at radius 3 is 2.34 bits per heavy atom. The molecule has 0 saturated carbocycles. The van der Waals surface area contributed by atoms with Crippen LogP contribution in [0.4, 0.5) is 10.5 Å². The third kappa shape index (κ3) is 4.19. The van der Waals surface area contributed by atoms with E-state index in [1.54, 1.807) is 30.3 Å². The standard InChI is InChI=1S/C28H23N3O4/c1-18-7-9-19(10-8-18)16-30-17-20(23-5-3-4-6-25(23)30)15-24-26(32)29-28(34)31(27(24)33)21-11-13-22(35-2)14-12-21/h3-15,17H,16H2,1-2H3,(H,29,32,34)/b24-15-. The van der Waals surface area contributed by atoms with Gasteiger partial charge in [0.25, 0.3) is 11.8 Å². The lowest BCUT2D eigenvalue weighted by molar-refractivity contribution is -0.122. The summed E-state index contributed by atoms with van der Waals surface area (Å²) in [7, 11) is 1.53. The van der Waals surface area contributed by atoms with E-state index in [1.807, 2.05) is 37.4 Å². The van der Waals surface area contributed by atoms with Gasteiger partial charge in [0.15, 0.2) is 0 Å². The number of imide groups is 2. The van der Waals surface area contributed by atoms with Crippen LogP contribution in [0.1, 0.15) is 16.7 Å².